The summed E-state index contributed by atoms with van der Waals surface area (Å²) in [6.45, 7) is 8.08. The van der Waals surface area contributed by atoms with Crippen LogP contribution in [0.15, 0.2) is 47.4 Å². The molecule has 138 valence electrons. The molecule has 2 N–H and O–H groups in total. The molecule has 3 rings (SSSR count). The molecule has 0 saturated carbocycles. The molecule has 1 heterocycles. The minimum Gasteiger partial charge on any atom is -0.325 e. The largest absolute Gasteiger partial charge is 0.325 e. The molecule has 0 aliphatic carbocycles. The Bertz CT molecular complexity index is 932. The number of hydrogen-bond donors (Lipinski definition) is 2. The molecule has 0 bridgehead atoms. The Kier molecular flexibility index (Phi) is 4.80. The van der Waals surface area contributed by atoms with Crippen LogP contribution in [0.3, 0.4) is 0 Å². The van der Waals surface area contributed by atoms with E-state index in [4.69, 9.17) is 0 Å². The summed E-state index contributed by atoms with van der Waals surface area (Å²) in [6, 6.07) is 12.1. The second-order valence-corrected chi connectivity index (χ2v) is 9.02. The van der Waals surface area contributed by atoms with Crippen molar-refractivity contribution in [3.8, 4) is 0 Å². The van der Waals surface area contributed by atoms with Gasteiger partial charge < -0.3 is 5.32 Å². The molecule has 0 saturated heterocycles. The first-order valence-electron chi connectivity index (χ1n) is 8.76. The van der Waals surface area contributed by atoms with Crippen LogP contribution in [-0.4, -0.2) is 14.3 Å². The third-order valence-corrected chi connectivity index (χ3v) is 6.08. The molecule has 1 unspecified atom stereocenters. The minimum absolute atomic E-state index is 0.0817. The second kappa shape index (κ2) is 6.76. The Labute approximate surface area is 154 Å². The number of amides is 1. The zero-order valence-corrected chi connectivity index (χ0v) is 16.2. The highest BCUT2D eigenvalue weighted by Gasteiger charge is 2.34. The van der Waals surface area contributed by atoms with E-state index in [1.807, 2.05) is 26.0 Å². The SMILES string of the molecule is CC(C)c1ccc(NS(=O)(=O)c2ccc3c(c2)C(C(C)C)C(=O)N3)cc1. The Morgan fingerprint density at radius 3 is 2.23 bits per heavy atom. The van der Waals surface area contributed by atoms with Crippen molar-refractivity contribution < 1.29 is 13.2 Å². The summed E-state index contributed by atoms with van der Waals surface area (Å²) in [4.78, 5) is 12.3. The van der Waals surface area contributed by atoms with E-state index in [1.54, 1.807) is 24.3 Å². The quantitative estimate of drug-likeness (QED) is 0.821. The number of rotatable bonds is 5. The van der Waals surface area contributed by atoms with Crippen LogP contribution in [0.4, 0.5) is 11.4 Å². The maximum atomic E-state index is 12.8. The summed E-state index contributed by atoms with van der Waals surface area (Å²) in [7, 11) is -3.72. The van der Waals surface area contributed by atoms with Crippen molar-refractivity contribution in [2.75, 3.05) is 10.0 Å². The molecule has 6 heteroatoms. The van der Waals surface area contributed by atoms with Crippen molar-refractivity contribution in [1.82, 2.24) is 0 Å². The van der Waals surface area contributed by atoms with Gasteiger partial charge in [-0.25, -0.2) is 8.42 Å². The fourth-order valence-electron chi connectivity index (χ4n) is 3.24. The number of nitrogens with one attached hydrogen (secondary N) is 2. The Morgan fingerprint density at radius 2 is 1.65 bits per heavy atom. The number of sulfonamides is 1. The lowest BCUT2D eigenvalue weighted by Gasteiger charge is -2.14. The number of benzene rings is 2. The molecule has 5 nitrogen and oxygen atoms in total. The molecule has 0 spiro atoms. The first-order valence-corrected chi connectivity index (χ1v) is 10.2. The van der Waals surface area contributed by atoms with Gasteiger partial charge in [0.25, 0.3) is 10.0 Å². The number of anilines is 2. The fourth-order valence-corrected chi connectivity index (χ4v) is 4.34. The van der Waals surface area contributed by atoms with Gasteiger partial charge in [0, 0.05) is 11.4 Å². The fraction of sp³-hybridized carbons (Fsp3) is 0.350. The molecule has 0 fully saturated rings. The van der Waals surface area contributed by atoms with E-state index in [-0.39, 0.29) is 22.6 Å². The van der Waals surface area contributed by atoms with E-state index in [1.165, 1.54) is 6.07 Å². The van der Waals surface area contributed by atoms with Gasteiger partial charge in [-0.1, -0.05) is 39.8 Å². The van der Waals surface area contributed by atoms with Crippen LogP contribution < -0.4 is 10.0 Å². The third-order valence-electron chi connectivity index (χ3n) is 4.70. The molecule has 1 aliphatic rings. The highest BCUT2D eigenvalue weighted by Crippen LogP contribution is 2.38. The van der Waals surface area contributed by atoms with Crippen molar-refractivity contribution in [2.24, 2.45) is 5.92 Å². The van der Waals surface area contributed by atoms with Crippen molar-refractivity contribution >= 4 is 27.3 Å². The predicted octanol–water partition coefficient (Wildman–Crippen LogP) is 4.30. The van der Waals surface area contributed by atoms with Gasteiger partial charge in [0.1, 0.15) is 0 Å². The molecule has 1 aliphatic heterocycles. The van der Waals surface area contributed by atoms with Gasteiger partial charge in [-0.15, -0.1) is 0 Å². The molecule has 0 radical (unpaired) electrons. The van der Waals surface area contributed by atoms with Gasteiger partial charge in [-0.3, -0.25) is 9.52 Å². The van der Waals surface area contributed by atoms with E-state index in [9.17, 15) is 13.2 Å². The highest BCUT2D eigenvalue weighted by atomic mass is 32.2. The maximum absolute atomic E-state index is 12.8. The first-order chi connectivity index (χ1) is 12.2. The summed E-state index contributed by atoms with van der Waals surface area (Å²) >= 11 is 0. The Hall–Kier alpha value is -2.34. The molecular formula is C20H24N2O3S. The number of fused-ring (bicyclic) bond motifs is 1. The summed E-state index contributed by atoms with van der Waals surface area (Å²) in [6.07, 6.45) is 0. The normalized spacial score (nSPS) is 16.7. The van der Waals surface area contributed by atoms with Gasteiger partial charge in [0.15, 0.2) is 0 Å². The molecule has 2 aromatic rings. The van der Waals surface area contributed by atoms with Gasteiger partial charge >= 0.3 is 0 Å². The maximum Gasteiger partial charge on any atom is 0.261 e. The lowest BCUT2D eigenvalue weighted by atomic mass is 9.90. The van der Waals surface area contributed by atoms with Crippen molar-refractivity contribution in [1.29, 1.82) is 0 Å². The van der Waals surface area contributed by atoms with E-state index in [0.29, 0.717) is 17.3 Å². The van der Waals surface area contributed by atoms with Crippen LogP contribution in [0.25, 0.3) is 0 Å². The zero-order chi connectivity index (χ0) is 19.1. The van der Waals surface area contributed by atoms with Gasteiger partial charge in [0.05, 0.1) is 10.8 Å². The summed E-state index contributed by atoms with van der Waals surface area (Å²) in [5.41, 5.74) is 3.09. The highest BCUT2D eigenvalue weighted by molar-refractivity contribution is 7.92. The van der Waals surface area contributed by atoms with Gasteiger partial charge in [-0.05, 0) is 53.3 Å². The average Bonchev–Trinajstić information content (AvgIpc) is 2.89. The van der Waals surface area contributed by atoms with Crippen LogP contribution in [0, 0.1) is 5.92 Å². The van der Waals surface area contributed by atoms with Crippen LogP contribution in [0.2, 0.25) is 0 Å². The summed E-state index contributed by atoms with van der Waals surface area (Å²) in [5, 5.41) is 2.82. The molecule has 1 amide bonds. The topological polar surface area (TPSA) is 75.3 Å². The van der Waals surface area contributed by atoms with Crippen LogP contribution in [-0.2, 0) is 14.8 Å². The van der Waals surface area contributed by atoms with Crippen LogP contribution in [0.5, 0.6) is 0 Å². The average molecular weight is 372 g/mol. The van der Waals surface area contributed by atoms with Crippen LogP contribution >= 0.6 is 0 Å². The van der Waals surface area contributed by atoms with E-state index >= 15 is 0 Å². The number of carbonyl (C=O) groups is 1. The van der Waals surface area contributed by atoms with Crippen molar-refractivity contribution in [3.63, 3.8) is 0 Å². The van der Waals surface area contributed by atoms with Gasteiger partial charge in [0.2, 0.25) is 5.91 Å². The standard InChI is InChI=1S/C20H24N2O3S/c1-12(2)14-5-7-15(8-6-14)22-26(24,25)16-9-10-18-17(11-16)19(13(3)4)20(23)21-18/h5-13,19,22H,1-4H3,(H,21,23). The first kappa shape index (κ1) is 18.5. The lowest BCUT2D eigenvalue weighted by molar-refractivity contribution is -0.117. The van der Waals surface area contributed by atoms with E-state index in [0.717, 1.165) is 11.1 Å². The third kappa shape index (κ3) is 3.46. The monoisotopic (exact) mass is 372 g/mol. The number of carbonyl (C=O) groups excluding carboxylic acids is 1. The molecule has 1 atom stereocenters. The van der Waals surface area contributed by atoms with Crippen molar-refractivity contribution in [3.05, 3.63) is 53.6 Å². The Balaban J connectivity index is 1.90. The molecule has 26 heavy (non-hydrogen) atoms. The second-order valence-electron chi connectivity index (χ2n) is 7.34. The van der Waals surface area contributed by atoms with Gasteiger partial charge in [-0.2, -0.15) is 0 Å². The summed E-state index contributed by atoms with van der Waals surface area (Å²) < 4.78 is 28.1. The number of hydrogen-bond acceptors (Lipinski definition) is 3. The molecule has 2 aromatic carbocycles. The van der Waals surface area contributed by atoms with E-state index < -0.39 is 10.0 Å². The van der Waals surface area contributed by atoms with Crippen molar-refractivity contribution in [2.45, 2.75) is 44.4 Å². The van der Waals surface area contributed by atoms with Crippen LogP contribution in [0.1, 0.15) is 50.7 Å². The Morgan fingerprint density at radius 1 is 1.00 bits per heavy atom. The smallest absolute Gasteiger partial charge is 0.261 e. The molecular weight excluding hydrogens is 348 g/mol. The predicted molar refractivity (Wildman–Crippen MR) is 104 cm³/mol. The minimum atomic E-state index is -3.72. The lowest BCUT2D eigenvalue weighted by Crippen LogP contribution is -2.17. The zero-order valence-electron chi connectivity index (χ0n) is 15.4. The molecule has 0 aromatic heterocycles. The van der Waals surface area contributed by atoms with E-state index in [2.05, 4.69) is 23.9 Å². The summed E-state index contributed by atoms with van der Waals surface area (Å²) in [5.74, 6) is 0.0633.